The number of aryl methyl sites for hydroxylation is 1. The monoisotopic (exact) mass is 588 g/mol. The van der Waals surface area contributed by atoms with Gasteiger partial charge in [-0.3, -0.25) is 18.5 Å². The van der Waals surface area contributed by atoms with Crippen LogP contribution in [-0.2, 0) is 44.5 Å². The van der Waals surface area contributed by atoms with Crippen LogP contribution in [-0.4, -0.2) is 63.8 Å². The second-order valence-corrected chi connectivity index (χ2v) is 12.1. The molecule has 6 N–H and O–H groups in total. The van der Waals surface area contributed by atoms with Crippen molar-refractivity contribution in [3.8, 4) is 0 Å². The van der Waals surface area contributed by atoms with Crippen molar-refractivity contribution in [2.75, 3.05) is 6.61 Å². The lowest BCUT2D eigenvalue weighted by Gasteiger charge is -2.19. The van der Waals surface area contributed by atoms with E-state index in [0.29, 0.717) is 6.42 Å². The molecule has 1 aromatic heterocycles. The number of aromatic nitrogens is 2. The molecule has 2 unspecified atom stereocenters. The van der Waals surface area contributed by atoms with Crippen LogP contribution in [0.25, 0.3) is 0 Å². The molecule has 0 radical (unpaired) electrons. The SMILES string of the molecule is O=c1ccn([C@@H]2O[C@H](COP(=O)(O)OP(=O)(O)OP(=O)(O)O)[C@H](O)[C@@H]2O)c(=O)n1CCc1ccccc1. The maximum absolute atomic E-state index is 12.9. The van der Waals surface area contributed by atoms with Crippen molar-refractivity contribution < 1.29 is 61.4 Å². The van der Waals surface area contributed by atoms with Gasteiger partial charge in [0.25, 0.3) is 5.56 Å². The van der Waals surface area contributed by atoms with E-state index in [1.165, 1.54) is 0 Å². The first-order chi connectivity index (χ1) is 17.1. The number of phosphoric ester groups is 1. The van der Waals surface area contributed by atoms with Gasteiger partial charge in [0.2, 0.25) is 0 Å². The van der Waals surface area contributed by atoms with Gasteiger partial charge in [0, 0.05) is 18.8 Å². The first-order valence-electron chi connectivity index (χ1n) is 10.2. The third-order valence-corrected chi connectivity index (χ3v) is 8.79. The summed E-state index contributed by atoms with van der Waals surface area (Å²) in [6.45, 7) is -1.07. The van der Waals surface area contributed by atoms with Gasteiger partial charge in [0.05, 0.1) is 6.61 Å². The maximum atomic E-state index is 12.9. The van der Waals surface area contributed by atoms with Gasteiger partial charge >= 0.3 is 29.2 Å². The Labute approximate surface area is 207 Å². The van der Waals surface area contributed by atoms with Crippen LogP contribution in [0.2, 0.25) is 0 Å². The van der Waals surface area contributed by atoms with E-state index in [-0.39, 0.29) is 6.54 Å². The van der Waals surface area contributed by atoms with Gasteiger partial charge in [-0.1, -0.05) is 30.3 Å². The average molecular weight is 588 g/mol. The molecule has 0 amide bonds. The Morgan fingerprint density at radius 3 is 2.16 bits per heavy atom. The van der Waals surface area contributed by atoms with E-state index in [1.807, 2.05) is 0 Å². The first kappa shape index (κ1) is 29.7. The molecule has 20 heteroatoms. The van der Waals surface area contributed by atoms with Crippen LogP contribution >= 0.6 is 23.5 Å². The topological polar surface area (TPSA) is 254 Å². The molecule has 206 valence electrons. The summed E-state index contributed by atoms with van der Waals surface area (Å²) in [6, 6.07) is 10.0. The standard InChI is InChI=1S/C17H23N2O15P3/c20-13-7-9-19(17(23)18(13)8-6-11-4-2-1-3-5-11)16-15(22)14(21)12(32-16)10-31-36(27,28)34-37(29,30)33-35(24,25)26/h1-5,7,9,12,14-16,21-22H,6,8,10H2,(H,27,28)(H,29,30)(H2,24,25,26)/t12-,14+,15+,16-/m1/s1. The molecule has 37 heavy (non-hydrogen) atoms. The van der Waals surface area contributed by atoms with Gasteiger partial charge in [-0.2, -0.15) is 8.62 Å². The van der Waals surface area contributed by atoms with Crippen LogP contribution < -0.4 is 11.2 Å². The Morgan fingerprint density at radius 1 is 0.892 bits per heavy atom. The van der Waals surface area contributed by atoms with Crippen molar-refractivity contribution in [2.45, 2.75) is 37.5 Å². The molecule has 2 heterocycles. The third kappa shape index (κ3) is 8.09. The summed E-state index contributed by atoms with van der Waals surface area (Å²) < 4.78 is 52.6. The van der Waals surface area contributed by atoms with E-state index in [4.69, 9.17) is 14.5 Å². The summed E-state index contributed by atoms with van der Waals surface area (Å²) in [6.07, 6.45) is -5.41. The van der Waals surface area contributed by atoms with Crippen molar-refractivity contribution in [2.24, 2.45) is 0 Å². The van der Waals surface area contributed by atoms with Crippen molar-refractivity contribution in [1.82, 2.24) is 9.13 Å². The normalized spacial score (nSPS) is 25.5. The van der Waals surface area contributed by atoms with Crippen LogP contribution in [0.1, 0.15) is 11.8 Å². The molecule has 1 saturated heterocycles. The fourth-order valence-electron chi connectivity index (χ4n) is 3.38. The zero-order valence-electron chi connectivity index (χ0n) is 18.6. The minimum atomic E-state index is -5.76. The van der Waals surface area contributed by atoms with Crippen LogP contribution in [0, 0.1) is 0 Å². The molecular weight excluding hydrogens is 565 g/mol. The molecule has 17 nitrogen and oxygen atoms in total. The van der Waals surface area contributed by atoms with Gasteiger partial charge in [-0.25, -0.2) is 18.5 Å². The Balaban J connectivity index is 1.71. The Morgan fingerprint density at radius 2 is 1.54 bits per heavy atom. The molecule has 0 aliphatic carbocycles. The van der Waals surface area contributed by atoms with E-state index in [0.717, 1.165) is 27.0 Å². The lowest BCUT2D eigenvalue weighted by Crippen LogP contribution is -2.43. The van der Waals surface area contributed by atoms with E-state index < -0.39 is 65.9 Å². The summed E-state index contributed by atoms with van der Waals surface area (Å²) in [7, 11) is -16.9. The number of aliphatic hydroxyl groups excluding tert-OH is 2. The van der Waals surface area contributed by atoms with Crippen LogP contribution in [0.15, 0.2) is 52.2 Å². The van der Waals surface area contributed by atoms with Crippen molar-refractivity contribution in [3.63, 3.8) is 0 Å². The molecule has 1 aromatic carbocycles. The zero-order chi connectivity index (χ0) is 27.6. The molecule has 2 aromatic rings. The van der Waals surface area contributed by atoms with E-state index >= 15 is 0 Å². The third-order valence-electron chi connectivity index (χ3n) is 4.99. The number of rotatable bonds is 11. The fraction of sp³-hybridized carbons (Fsp3) is 0.412. The number of phosphoric acid groups is 3. The Kier molecular flexibility index (Phi) is 9.26. The molecular formula is C17H23N2O15P3. The fourth-order valence-corrected chi connectivity index (χ4v) is 6.41. The molecule has 0 bridgehead atoms. The van der Waals surface area contributed by atoms with Gasteiger partial charge in [0.15, 0.2) is 6.23 Å². The van der Waals surface area contributed by atoms with Gasteiger partial charge in [-0.15, -0.1) is 0 Å². The molecule has 1 aliphatic heterocycles. The zero-order valence-corrected chi connectivity index (χ0v) is 21.2. The van der Waals surface area contributed by atoms with Crippen LogP contribution in [0.5, 0.6) is 0 Å². The summed E-state index contributed by atoms with van der Waals surface area (Å²) in [5.41, 5.74) is -0.661. The molecule has 6 atom stereocenters. The Hall–Kier alpha value is -1.81. The number of hydrogen-bond acceptors (Lipinski definition) is 11. The highest BCUT2D eigenvalue weighted by atomic mass is 31.3. The van der Waals surface area contributed by atoms with Crippen LogP contribution in [0.4, 0.5) is 0 Å². The number of hydrogen-bond donors (Lipinski definition) is 6. The van der Waals surface area contributed by atoms with Crippen molar-refractivity contribution in [1.29, 1.82) is 0 Å². The highest BCUT2D eigenvalue weighted by Gasteiger charge is 2.46. The summed E-state index contributed by atoms with van der Waals surface area (Å²) in [4.78, 5) is 61.0. The predicted molar refractivity (Wildman–Crippen MR) is 121 cm³/mol. The van der Waals surface area contributed by atoms with E-state index in [2.05, 4.69) is 13.1 Å². The smallest absolute Gasteiger partial charge is 0.387 e. The number of ether oxygens (including phenoxy) is 1. The van der Waals surface area contributed by atoms with Crippen LogP contribution in [0.3, 0.4) is 0 Å². The summed E-state index contributed by atoms with van der Waals surface area (Å²) in [5, 5.41) is 20.6. The van der Waals surface area contributed by atoms with Crippen molar-refractivity contribution >= 4 is 23.5 Å². The number of nitrogens with zero attached hydrogens (tertiary/aromatic N) is 2. The second kappa shape index (κ2) is 11.5. The van der Waals surface area contributed by atoms with E-state index in [9.17, 15) is 43.3 Å². The largest absolute Gasteiger partial charge is 0.490 e. The van der Waals surface area contributed by atoms with Gasteiger partial charge < -0.3 is 34.5 Å². The second-order valence-electron chi connectivity index (χ2n) is 7.66. The van der Waals surface area contributed by atoms with Gasteiger partial charge in [0.1, 0.15) is 18.3 Å². The molecule has 0 saturated carbocycles. The maximum Gasteiger partial charge on any atom is 0.490 e. The van der Waals surface area contributed by atoms with E-state index in [1.54, 1.807) is 30.3 Å². The minimum Gasteiger partial charge on any atom is -0.387 e. The molecule has 1 aliphatic rings. The van der Waals surface area contributed by atoms with Gasteiger partial charge in [-0.05, 0) is 12.0 Å². The summed E-state index contributed by atoms with van der Waals surface area (Å²) in [5.74, 6) is 0. The quantitative estimate of drug-likeness (QED) is 0.176. The Bertz CT molecular complexity index is 1360. The molecule has 3 rings (SSSR count). The lowest BCUT2D eigenvalue weighted by molar-refractivity contribution is -0.0548. The minimum absolute atomic E-state index is 0.0106. The molecule has 1 fully saturated rings. The predicted octanol–water partition coefficient (Wildman–Crippen LogP) is -0.785. The summed E-state index contributed by atoms with van der Waals surface area (Å²) >= 11 is 0. The highest BCUT2D eigenvalue weighted by molar-refractivity contribution is 7.66. The molecule has 0 spiro atoms. The van der Waals surface area contributed by atoms with Crippen molar-refractivity contribution in [3.05, 3.63) is 69.0 Å². The first-order valence-corrected chi connectivity index (χ1v) is 14.8. The highest BCUT2D eigenvalue weighted by Crippen LogP contribution is 2.66. The lowest BCUT2D eigenvalue weighted by atomic mass is 10.1. The number of aliphatic hydroxyl groups is 2. The number of benzene rings is 1. The average Bonchev–Trinajstić information content (AvgIpc) is 3.04.